The predicted molar refractivity (Wildman–Crippen MR) is 77.2 cm³/mol. The molecular weight excluding hydrogens is 253 g/mol. The largest absolute Gasteiger partial charge is 0.315 e. The molecule has 1 aromatic carbocycles. The van der Waals surface area contributed by atoms with Crippen LogP contribution in [0.5, 0.6) is 0 Å². The Balaban J connectivity index is 1.89. The first-order valence-electron chi connectivity index (χ1n) is 7.11. The third-order valence-corrected chi connectivity index (χ3v) is 4.29. The van der Waals surface area contributed by atoms with Crippen molar-refractivity contribution in [1.29, 1.82) is 0 Å². The number of aromatic nitrogens is 2. The first kappa shape index (κ1) is 13.3. The summed E-state index contributed by atoms with van der Waals surface area (Å²) in [6.07, 6.45) is 1.89. The maximum absolute atomic E-state index is 13.1. The third kappa shape index (κ3) is 2.24. The van der Waals surface area contributed by atoms with Crippen molar-refractivity contribution in [2.45, 2.75) is 25.2 Å². The second-order valence-electron chi connectivity index (χ2n) is 5.67. The monoisotopic (exact) mass is 273 g/mol. The summed E-state index contributed by atoms with van der Waals surface area (Å²) < 4.78 is 15.1. The fourth-order valence-corrected chi connectivity index (χ4v) is 2.92. The second kappa shape index (κ2) is 5.02. The molecule has 4 heteroatoms. The number of benzene rings is 1. The molecule has 0 bridgehead atoms. The van der Waals surface area contributed by atoms with Gasteiger partial charge >= 0.3 is 0 Å². The van der Waals surface area contributed by atoms with Gasteiger partial charge in [0.05, 0.1) is 5.69 Å². The summed E-state index contributed by atoms with van der Waals surface area (Å²) in [7, 11) is 2.00. The molecule has 2 heterocycles. The second-order valence-corrected chi connectivity index (χ2v) is 5.67. The van der Waals surface area contributed by atoms with Gasteiger partial charge in [-0.15, -0.1) is 0 Å². The Morgan fingerprint density at radius 1 is 1.30 bits per heavy atom. The quantitative estimate of drug-likeness (QED) is 0.925. The van der Waals surface area contributed by atoms with Crippen LogP contribution in [0.4, 0.5) is 4.39 Å². The minimum atomic E-state index is -0.176. The average Bonchev–Trinajstić information content (AvgIpc) is 2.76. The molecule has 0 amide bonds. The Labute approximate surface area is 118 Å². The van der Waals surface area contributed by atoms with E-state index in [1.54, 1.807) is 12.1 Å². The van der Waals surface area contributed by atoms with Gasteiger partial charge < -0.3 is 5.32 Å². The Hall–Kier alpha value is -1.68. The van der Waals surface area contributed by atoms with E-state index in [9.17, 15) is 4.39 Å². The number of halogens is 1. The number of hydrogen-bond donors (Lipinski definition) is 1. The lowest BCUT2D eigenvalue weighted by Crippen LogP contribution is -2.58. The van der Waals surface area contributed by atoms with Gasteiger partial charge in [0.15, 0.2) is 0 Å². The maximum Gasteiger partial charge on any atom is 0.123 e. The van der Waals surface area contributed by atoms with E-state index in [1.165, 1.54) is 11.3 Å². The molecule has 0 saturated carbocycles. The van der Waals surface area contributed by atoms with Gasteiger partial charge in [-0.1, -0.05) is 19.1 Å². The van der Waals surface area contributed by atoms with Crippen molar-refractivity contribution in [3.8, 4) is 0 Å². The molecule has 0 aliphatic carbocycles. The summed E-state index contributed by atoms with van der Waals surface area (Å²) in [6.45, 7) is 3.99. The molecule has 106 valence electrons. The third-order valence-electron chi connectivity index (χ3n) is 4.29. The average molecular weight is 273 g/mol. The summed E-state index contributed by atoms with van der Waals surface area (Å²) >= 11 is 0. The van der Waals surface area contributed by atoms with Crippen LogP contribution in [-0.2, 0) is 25.3 Å². The smallest absolute Gasteiger partial charge is 0.123 e. The highest BCUT2D eigenvalue weighted by Gasteiger charge is 2.39. The lowest BCUT2D eigenvalue weighted by molar-refractivity contribution is 0.269. The number of nitrogens with one attached hydrogen (secondary N) is 1. The highest BCUT2D eigenvalue weighted by atomic mass is 19.1. The summed E-state index contributed by atoms with van der Waals surface area (Å²) in [6, 6.07) is 9.11. The Kier molecular flexibility index (Phi) is 3.34. The van der Waals surface area contributed by atoms with Crippen LogP contribution in [0.1, 0.15) is 23.9 Å². The molecule has 2 aromatic rings. The van der Waals surface area contributed by atoms with Gasteiger partial charge in [-0.25, -0.2) is 4.39 Å². The van der Waals surface area contributed by atoms with Crippen LogP contribution in [0.25, 0.3) is 0 Å². The lowest BCUT2D eigenvalue weighted by Gasteiger charge is -2.43. The normalized spacial score (nSPS) is 16.9. The van der Waals surface area contributed by atoms with Gasteiger partial charge in [0.25, 0.3) is 0 Å². The molecule has 0 spiro atoms. The van der Waals surface area contributed by atoms with E-state index in [0.29, 0.717) is 0 Å². The first-order valence-corrected chi connectivity index (χ1v) is 7.11. The molecule has 3 nitrogen and oxygen atoms in total. The molecule has 1 aromatic heterocycles. The van der Waals surface area contributed by atoms with Crippen molar-refractivity contribution < 1.29 is 4.39 Å². The van der Waals surface area contributed by atoms with Crippen LogP contribution in [0.3, 0.4) is 0 Å². The van der Waals surface area contributed by atoms with Crippen LogP contribution >= 0.6 is 0 Å². The van der Waals surface area contributed by atoms with Crippen LogP contribution in [0.15, 0.2) is 30.3 Å². The molecule has 0 atom stereocenters. The summed E-state index contributed by atoms with van der Waals surface area (Å²) in [5, 5.41) is 7.87. The van der Waals surface area contributed by atoms with E-state index in [2.05, 4.69) is 23.4 Å². The molecule has 0 radical (unpaired) electrons. The molecule has 1 N–H and O–H groups in total. The molecular formula is C16H20FN3. The minimum Gasteiger partial charge on any atom is -0.315 e. The number of nitrogens with zero attached hydrogens (tertiary/aromatic N) is 2. The van der Waals surface area contributed by atoms with E-state index in [0.717, 1.165) is 31.6 Å². The molecule has 3 rings (SSSR count). The Bertz CT molecular complexity index is 597. The standard InChI is InChI=1S/C16H20FN3/c1-3-14-8-15(20(2)19-14)9-16(10-18-11-16)12-4-6-13(17)7-5-12/h4-8,18H,3,9-11H2,1-2H3. The van der Waals surface area contributed by atoms with Crippen molar-refractivity contribution in [2.24, 2.45) is 7.05 Å². The van der Waals surface area contributed by atoms with Crippen molar-refractivity contribution in [1.82, 2.24) is 15.1 Å². The van der Waals surface area contributed by atoms with Gasteiger partial charge in [-0.3, -0.25) is 4.68 Å². The Morgan fingerprint density at radius 2 is 2.00 bits per heavy atom. The number of hydrogen-bond acceptors (Lipinski definition) is 2. The van der Waals surface area contributed by atoms with Crippen molar-refractivity contribution >= 4 is 0 Å². The zero-order chi connectivity index (χ0) is 14.2. The topological polar surface area (TPSA) is 29.9 Å². The fourth-order valence-electron chi connectivity index (χ4n) is 2.92. The van der Waals surface area contributed by atoms with Gasteiger partial charge in [0.2, 0.25) is 0 Å². The molecule has 0 unspecified atom stereocenters. The molecule has 1 aliphatic rings. The van der Waals surface area contributed by atoms with Crippen LogP contribution in [0.2, 0.25) is 0 Å². The van der Waals surface area contributed by atoms with Gasteiger partial charge in [-0.05, 0) is 30.2 Å². The lowest BCUT2D eigenvalue weighted by atomic mass is 9.72. The SMILES string of the molecule is CCc1cc(CC2(c3ccc(F)cc3)CNC2)n(C)n1. The zero-order valence-corrected chi connectivity index (χ0v) is 12.0. The maximum atomic E-state index is 13.1. The van der Waals surface area contributed by atoms with E-state index in [-0.39, 0.29) is 11.2 Å². The van der Waals surface area contributed by atoms with Gasteiger partial charge in [0, 0.05) is 37.7 Å². The van der Waals surface area contributed by atoms with Crippen LogP contribution in [-0.4, -0.2) is 22.9 Å². The fraction of sp³-hybridized carbons (Fsp3) is 0.438. The zero-order valence-electron chi connectivity index (χ0n) is 12.0. The van der Waals surface area contributed by atoms with E-state index in [1.807, 2.05) is 23.9 Å². The predicted octanol–water partition coefficient (Wildman–Crippen LogP) is 2.21. The van der Waals surface area contributed by atoms with Crippen molar-refractivity contribution in [3.05, 3.63) is 53.1 Å². The molecule has 20 heavy (non-hydrogen) atoms. The number of aryl methyl sites for hydroxylation is 2. The van der Waals surface area contributed by atoms with Gasteiger partial charge in [0.1, 0.15) is 5.82 Å². The molecule has 1 aliphatic heterocycles. The highest BCUT2D eigenvalue weighted by Crippen LogP contribution is 2.32. The summed E-state index contributed by atoms with van der Waals surface area (Å²) in [4.78, 5) is 0. The molecule has 1 fully saturated rings. The van der Waals surface area contributed by atoms with E-state index >= 15 is 0 Å². The van der Waals surface area contributed by atoms with Crippen molar-refractivity contribution in [3.63, 3.8) is 0 Å². The molecule has 1 saturated heterocycles. The van der Waals surface area contributed by atoms with E-state index in [4.69, 9.17) is 0 Å². The minimum absolute atomic E-state index is 0.0759. The van der Waals surface area contributed by atoms with Crippen molar-refractivity contribution in [2.75, 3.05) is 13.1 Å². The highest BCUT2D eigenvalue weighted by molar-refractivity contribution is 5.32. The van der Waals surface area contributed by atoms with Crippen LogP contribution in [0, 0.1) is 5.82 Å². The first-order chi connectivity index (χ1) is 9.63. The summed E-state index contributed by atoms with van der Waals surface area (Å²) in [5.74, 6) is -0.176. The Morgan fingerprint density at radius 3 is 2.50 bits per heavy atom. The van der Waals surface area contributed by atoms with E-state index < -0.39 is 0 Å². The number of rotatable bonds is 4. The van der Waals surface area contributed by atoms with Gasteiger partial charge in [-0.2, -0.15) is 5.10 Å². The summed E-state index contributed by atoms with van der Waals surface area (Å²) in [5.41, 5.74) is 3.65. The van der Waals surface area contributed by atoms with Crippen LogP contribution < -0.4 is 5.32 Å².